The van der Waals surface area contributed by atoms with Gasteiger partial charge in [0.1, 0.15) is 18.2 Å². The van der Waals surface area contributed by atoms with Crippen LogP contribution in [0.3, 0.4) is 0 Å². The summed E-state index contributed by atoms with van der Waals surface area (Å²) in [6, 6.07) is 8.43. The number of methoxy groups -OCH3 is 1. The van der Waals surface area contributed by atoms with E-state index < -0.39 is 0 Å². The van der Waals surface area contributed by atoms with Crippen LogP contribution < -0.4 is 5.32 Å². The molecule has 0 spiro atoms. The highest BCUT2D eigenvalue weighted by Crippen LogP contribution is 2.17. The Morgan fingerprint density at radius 1 is 1.33 bits per heavy atom. The predicted molar refractivity (Wildman–Crippen MR) is 97.5 cm³/mol. The van der Waals surface area contributed by atoms with Crippen LogP contribution in [0.15, 0.2) is 36.5 Å². The summed E-state index contributed by atoms with van der Waals surface area (Å²) in [7, 11) is 1.58. The maximum absolute atomic E-state index is 12.5. The number of hydrogen-bond acceptors (Lipinski definition) is 6. The molecule has 0 atom stereocenters. The zero-order valence-electron chi connectivity index (χ0n) is 14.6. The number of nitrogens with zero attached hydrogens (tertiary/aromatic N) is 4. The van der Waals surface area contributed by atoms with E-state index in [2.05, 4.69) is 25.5 Å². The molecule has 9 nitrogen and oxygen atoms in total. The van der Waals surface area contributed by atoms with Gasteiger partial charge in [-0.1, -0.05) is 0 Å². The standard InChI is InChI=1S/C18H18N6O3/c1-27-10-16-22-23-17-12(3-2-8-24(16)17)18(26)19-7-6-15-20-13-5-4-11(25)9-14(13)21-15/h2-5,8-9,25H,6-7,10H2,1H3,(H,19,26)(H,20,21). The number of aromatic hydroxyl groups is 1. The average Bonchev–Trinajstić information content (AvgIpc) is 3.25. The molecular weight excluding hydrogens is 348 g/mol. The van der Waals surface area contributed by atoms with Gasteiger partial charge in [-0.05, 0) is 24.3 Å². The molecule has 0 saturated heterocycles. The highest BCUT2D eigenvalue weighted by atomic mass is 16.5. The number of pyridine rings is 1. The lowest BCUT2D eigenvalue weighted by atomic mass is 10.2. The number of nitrogens with one attached hydrogen (secondary N) is 2. The maximum Gasteiger partial charge on any atom is 0.255 e. The van der Waals surface area contributed by atoms with Crippen molar-refractivity contribution in [2.75, 3.05) is 13.7 Å². The molecular formula is C18H18N6O3. The first kappa shape index (κ1) is 17.0. The van der Waals surface area contributed by atoms with Gasteiger partial charge in [-0.15, -0.1) is 10.2 Å². The number of H-pyrrole nitrogens is 1. The van der Waals surface area contributed by atoms with Crippen molar-refractivity contribution in [2.24, 2.45) is 0 Å². The van der Waals surface area contributed by atoms with Gasteiger partial charge in [-0.2, -0.15) is 0 Å². The summed E-state index contributed by atoms with van der Waals surface area (Å²) in [5.41, 5.74) is 2.46. The maximum atomic E-state index is 12.5. The molecule has 0 aliphatic carbocycles. The van der Waals surface area contributed by atoms with Crippen molar-refractivity contribution in [3.05, 3.63) is 53.7 Å². The first-order valence-corrected chi connectivity index (χ1v) is 8.43. The molecule has 0 aliphatic heterocycles. The molecule has 3 N–H and O–H groups in total. The fourth-order valence-corrected chi connectivity index (χ4v) is 2.93. The molecule has 3 aromatic heterocycles. The SMILES string of the molecule is COCc1nnc2c(C(=O)NCCc3nc4ccc(O)cc4[nH]3)cccn12. The van der Waals surface area contributed by atoms with Crippen molar-refractivity contribution >= 4 is 22.6 Å². The second-order valence-corrected chi connectivity index (χ2v) is 6.06. The molecule has 138 valence electrons. The fourth-order valence-electron chi connectivity index (χ4n) is 2.93. The third-order valence-electron chi connectivity index (χ3n) is 4.19. The largest absolute Gasteiger partial charge is 0.508 e. The van der Waals surface area contributed by atoms with Crippen LogP contribution in [0.4, 0.5) is 0 Å². The number of carbonyl (C=O) groups excluding carboxylic acids is 1. The minimum Gasteiger partial charge on any atom is -0.508 e. The molecule has 0 unspecified atom stereocenters. The van der Waals surface area contributed by atoms with E-state index >= 15 is 0 Å². The average molecular weight is 366 g/mol. The number of amides is 1. The summed E-state index contributed by atoms with van der Waals surface area (Å²) in [5.74, 6) is 1.32. The quantitative estimate of drug-likeness (QED) is 0.475. The summed E-state index contributed by atoms with van der Waals surface area (Å²) in [6.07, 6.45) is 2.33. The number of imidazole rings is 1. The van der Waals surface area contributed by atoms with Crippen LogP contribution in [-0.2, 0) is 17.8 Å². The summed E-state index contributed by atoms with van der Waals surface area (Å²) < 4.78 is 6.83. The van der Waals surface area contributed by atoms with Crippen molar-refractivity contribution in [1.29, 1.82) is 0 Å². The third-order valence-corrected chi connectivity index (χ3v) is 4.19. The lowest BCUT2D eigenvalue weighted by Gasteiger charge is -2.05. The number of aromatic amines is 1. The number of phenolic OH excluding ortho intramolecular Hbond substituents is 1. The fraction of sp³-hybridized carbons (Fsp3) is 0.222. The minimum atomic E-state index is -0.231. The molecule has 0 saturated carbocycles. The molecule has 1 amide bonds. The highest BCUT2D eigenvalue weighted by molar-refractivity contribution is 5.99. The van der Waals surface area contributed by atoms with Gasteiger partial charge < -0.3 is 20.1 Å². The van der Waals surface area contributed by atoms with Gasteiger partial charge in [0, 0.05) is 32.3 Å². The summed E-state index contributed by atoms with van der Waals surface area (Å²) >= 11 is 0. The van der Waals surface area contributed by atoms with Crippen molar-refractivity contribution in [2.45, 2.75) is 13.0 Å². The van der Waals surface area contributed by atoms with Gasteiger partial charge in [0.15, 0.2) is 11.5 Å². The van der Waals surface area contributed by atoms with E-state index in [9.17, 15) is 9.90 Å². The van der Waals surface area contributed by atoms with Crippen LogP contribution >= 0.6 is 0 Å². The molecule has 0 radical (unpaired) electrons. The second-order valence-electron chi connectivity index (χ2n) is 6.06. The minimum absolute atomic E-state index is 0.181. The van der Waals surface area contributed by atoms with Crippen LogP contribution in [0.25, 0.3) is 16.7 Å². The van der Waals surface area contributed by atoms with E-state index in [0.717, 1.165) is 16.9 Å². The first-order valence-electron chi connectivity index (χ1n) is 8.43. The molecule has 9 heteroatoms. The topological polar surface area (TPSA) is 117 Å². The molecule has 4 rings (SSSR count). The number of aromatic nitrogens is 5. The molecule has 3 heterocycles. The van der Waals surface area contributed by atoms with E-state index in [1.54, 1.807) is 48.0 Å². The summed E-state index contributed by atoms with van der Waals surface area (Å²) in [6.45, 7) is 0.721. The van der Waals surface area contributed by atoms with Gasteiger partial charge in [-0.3, -0.25) is 9.20 Å². The van der Waals surface area contributed by atoms with E-state index in [1.165, 1.54) is 0 Å². The smallest absolute Gasteiger partial charge is 0.255 e. The number of hydrogen-bond donors (Lipinski definition) is 3. The molecule has 4 aromatic rings. The van der Waals surface area contributed by atoms with Crippen molar-refractivity contribution in [3.8, 4) is 5.75 Å². The van der Waals surface area contributed by atoms with E-state index in [-0.39, 0.29) is 11.7 Å². The summed E-state index contributed by atoms with van der Waals surface area (Å²) in [5, 5.41) is 20.5. The van der Waals surface area contributed by atoms with Gasteiger partial charge in [0.05, 0.1) is 16.6 Å². The number of carbonyl (C=O) groups is 1. The number of phenols is 1. The van der Waals surface area contributed by atoms with Crippen LogP contribution in [0, 0.1) is 0 Å². The molecule has 1 aromatic carbocycles. The van der Waals surface area contributed by atoms with Crippen LogP contribution in [0.1, 0.15) is 22.0 Å². The first-order chi connectivity index (χ1) is 13.2. The Morgan fingerprint density at radius 3 is 3.07 bits per heavy atom. The predicted octanol–water partition coefficient (Wildman–Crippen LogP) is 1.43. The Morgan fingerprint density at radius 2 is 2.22 bits per heavy atom. The van der Waals surface area contributed by atoms with Gasteiger partial charge in [0.2, 0.25) is 0 Å². The lowest BCUT2D eigenvalue weighted by Crippen LogP contribution is -2.26. The van der Waals surface area contributed by atoms with Crippen LogP contribution in [0.2, 0.25) is 0 Å². The molecule has 27 heavy (non-hydrogen) atoms. The molecule has 0 fully saturated rings. The van der Waals surface area contributed by atoms with Crippen molar-refractivity contribution < 1.29 is 14.6 Å². The molecule has 0 aliphatic rings. The highest BCUT2D eigenvalue weighted by Gasteiger charge is 2.14. The zero-order chi connectivity index (χ0) is 18.8. The van der Waals surface area contributed by atoms with E-state index in [1.807, 2.05) is 0 Å². The Labute approximate surface area is 154 Å². The molecule has 0 bridgehead atoms. The number of ether oxygens (including phenoxy) is 1. The Balaban J connectivity index is 1.45. The van der Waals surface area contributed by atoms with Crippen LogP contribution in [-0.4, -0.2) is 49.2 Å². The monoisotopic (exact) mass is 366 g/mol. The number of rotatable bonds is 6. The Bertz CT molecular complexity index is 1120. The van der Waals surface area contributed by atoms with E-state index in [4.69, 9.17) is 4.74 Å². The van der Waals surface area contributed by atoms with Crippen LogP contribution in [0.5, 0.6) is 5.75 Å². The second kappa shape index (κ2) is 7.04. The third kappa shape index (κ3) is 3.32. The Hall–Kier alpha value is -3.46. The number of fused-ring (bicyclic) bond motifs is 2. The zero-order valence-corrected chi connectivity index (χ0v) is 14.6. The van der Waals surface area contributed by atoms with Gasteiger partial charge >= 0.3 is 0 Å². The lowest BCUT2D eigenvalue weighted by molar-refractivity contribution is 0.0955. The summed E-state index contributed by atoms with van der Waals surface area (Å²) in [4.78, 5) is 20.1. The number of benzene rings is 1. The van der Waals surface area contributed by atoms with Crippen molar-refractivity contribution in [3.63, 3.8) is 0 Å². The van der Waals surface area contributed by atoms with Gasteiger partial charge in [-0.25, -0.2) is 4.98 Å². The van der Waals surface area contributed by atoms with E-state index in [0.29, 0.717) is 36.6 Å². The van der Waals surface area contributed by atoms with Gasteiger partial charge in [0.25, 0.3) is 5.91 Å². The Kier molecular flexibility index (Phi) is 4.43. The normalized spacial score (nSPS) is 11.3. The van der Waals surface area contributed by atoms with Crippen molar-refractivity contribution in [1.82, 2.24) is 29.9 Å².